The van der Waals surface area contributed by atoms with Gasteiger partial charge in [-0.3, -0.25) is 9.69 Å². The van der Waals surface area contributed by atoms with E-state index >= 15 is 0 Å². The van der Waals surface area contributed by atoms with Crippen molar-refractivity contribution in [2.75, 3.05) is 38.5 Å². The smallest absolute Gasteiger partial charge is 0.303 e. The Morgan fingerprint density at radius 3 is 2.33 bits per heavy atom. The van der Waals surface area contributed by atoms with Gasteiger partial charge in [-0.2, -0.15) is 0 Å². The van der Waals surface area contributed by atoms with E-state index in [1.54, 1.807) is 18.2 Å². The lowest BCUT2D eigenvalue weighted by molar-refractivity contribution is -0.137. The fourth-order valence-corrected chi connectivity index (χ4v) is 4.13. The summed E-state index contributed by atoms with van der Waals surface area (Å²) in [5.41, 5.74) is 10.2. The molecule has 0 bridgehead atoms. The van der Waals surface area contributed by atoms with Crippen LogP contribution in [0.4, 0.5) is 5.82 Å². The van der Waals surface area contributed by atoms with Crippen LogP contribution in [-0.2, 0) is 11.3 Å². The van der Waals surface area contributed by atoms with E-state index in [4.69, 9.17) is 10.8 Å². The molecule has 172 valence electrons. The Hall–Kier alpha value is -3.49. The molecule has 1 aliphatic heterocycles. The van der Waals surface area contributed by atoms with Crippen molar-refractivity contribution in [1.82, 2.24) is 20.0 Å². The van der Waals surface area contributed by atoms with Crippen LogP contribution in [0.15, 0.2) is 54.6 Å². The van der Waals surface area contributed by atoms with Gasteiger partial charge in [0.15, 0.2) is 5.82 Å². The third kappa shape index (κ3) is 5.85. The van der Waals surface area contributed by atoms with Gasteiger partial charge in [-0.05, 0) is 42.3 Å². The van der Waals surface area contributed by atoms with E-state index in [1.165, 1.54) is 5.56 Å². The number of phenols is 1. The number of aromatic hydroxyl groups is 1. The van der Waals surface area contributed by atoms with Crippen LogP contribution in [0.3, 0.4) is 0 Å². The van der Waals surface area contributed by atoms with Gasteiger partial charge in [0.1, 0.15) is 5.75 Å². The number of hydrogen-bond acceptors (Lipinski definition) is 7. The Morgan fingerprint density at radius 1 is 0.939 bits per heavy atom. The maximum absolute atomic E-state index is 10.7. The molecule has 0 saturated carbocycles. The Bertz CT molecular complexity index is 1100. The molecule has 1 aliphatic rings. The van der Waals surface area contributed by atoms with Gasteiger partial charge in [-0.1, -0.05) is 36.4 Å². The number of aromatic nitrogens is 2. The van der Waals surface area contributed by atoms with Gasteiger partial charge >= 0.3 is 5.97 Å². The highest BCUT2D eigenvalue weighted by Gasteiger charge is 2.17. The van der Waals surface area contributed by atoms with Crippen molar-refractivity contribution in [1.29, 1.82) is 0 Å². The zero-order chi connectivity index (χ0) is 23.2. The average molecular weight is 448 g/mol. The second-order valence-corrected chi connectivity index (χ2v) is 8.36. The summed E-state index contributed by atoms with van der Waals surface area (Å²) >= 11 is 0. The Labute approximate surface area is 193 Å². The highest BCUT2D eigenvalue weighted by atomic mass is 16.4. The van der Waals surface area contributed by atoms with Crippen LogP contribution in [0.25, 0.3) is 22.4 Å². The molecule has 33 heavy (non-hydrogen) atoms. The number of nitrogens with two attached hydrogens (primary N) is 1. The molecule has 0 aliphatic carbocycles. The SMILES string of the molecule is Nc1nnc(-c2ccccc2O)cc1-c1ccc(CN2CCN(CCCC(=O)O)CC2)cc1. The number of benzene rings is 2. The Kier molecular flexibility index (Phi) is 7.16. The molecule has 0 atom stereocenters. The summed E-state index contributed by atoms with van der Waals surface area (Å²) in [5.74, 6) is -0.225. The number of aliphatic carboxylic acids is 1. The number of hydrogen-bond donors (Lipinski definition) is 3. The van der Waals surface area contributed by atoms with Gasteiger partial charge in [-0.15, -0.1) is 10.2 Å². The third-order valence-electron chi connectivity index (χ3n) is 6.00. The molecular formula is C25H29N5O3. The summed E-state index contributed by atoms with van der Waals surface area (Å²) in [6.07, 6.45) is 0.938. The summed E-state index contributed by atoms with van der Waals surface area (Å²) in [7, 11) is 0. The summed E-state index contributed by atoms with van der Waals surface area (Å²) in [6, 6.07) is 17.2. The zero-order valence-electron chi connectivity index (χ0n) is 18.5. The highest BCUT2D eigenvalue weighted by Crippen LogP contribution is 2.32. The number of rotatable bonds is 8. The van der Waals surface area contributed by atoms with Gasteiger partial charge in [0.05, 0.1) is 5.69 Å². The standard InChI is InChI=1S/C25H29N5O3/c26-25-21(16-22(27-28-25)20-4-1-2-5-23(20)31)19-9-7-18(8-10-19)17-30-14-12-29(13-15-30)11-3-6-24(32)33/h1-2,4-5,7-10,16,31H,3,6,11-15,17H2,(H2,26,28)(H,32,33). The average Bonchev–Trinajstić information content (AvgIpc) is 2.81. The summed E-state index contributed by atoms with van der Waals surface area (Å²) in [6.45, 7) is 5.59. The molecule has 0 spiro atoms. The normalized spacial score (nSPS) is 14.9. The second-order valence-electron chi connectivity index (χ2n) is 8.36. The minimum Gasteiger partial charge on any atom is -0.507 e. The molecule has 0 amide bonds. The van der Waals surface area contributed by atoms with Crippen LogP contribution in [0, 0.1) is 0 Å². The van der Waals surface area contributed by atoms with E-state index in [-0.39, 0.29) is 12.2 Å². The molecule has 8 nitrogen and oxygen atoms in total. The quantitative estimate of drug-likeness (QED) is 0.482. The molecule has 8 heteroatoms. The first-order valence-electron chi connectivity index (χ1n) is 11.2. The topological polar surface area (TPSA) is 116 Å². The van der Waals surface area contributed by atoms with E-state index in [0.717, 1.165) is 50.4 Å². The van der Waals surface area contributed by atoms with Crippen LogP contribution in [0.5, 0.6) is 5.75 Å². The van der Waals surface area contributed by atoms with Crippen molar-refractivity contribution in [3.8, 4) is 28.1 Å². The molecule has 0 radical (unpaired) electrons. The molecule has 1 fully saturated rings. The van der Waals surface area contributed by atoms with Crippen molar-refractivity contribution in [2.45, 2.75) is 19.4 Å². The first-order chi connectivity index (χ1) is 16.0. The minimum atomic E-state index is -0.726. The number of nitrogens with zero attached hydrogens (tertiary/aromatic N) is 4. The van der Waals surface area contributed by atoms with E-state index in [0.29, 0.717) is 23.5 Å². The zero-order valence-corrected chi connectivity index (χ0v) is 18.5. The van der Waals surface area contributed by atoms with E-state index < -0.39 is 5.97 Å². The molecule has 4 N–H and O–H groups in total. The van der Waals surface area contributed by atoms with Crippen molar-refractivity contribution in [3.05, 3.63) is 60.2 Å². The molecule has 2 aromatic carbocycles. The first-order valence-corrected chi connectivity index (χ1v) is 11.2. The fraction of sp³-hybridized carbons (Fsp3) is 0.320. The number of carboxylic acid groups (broad SMARTS) is 1. The second kappa shape index (κ2) is 10.4. The van der Waals surface area contributed by atoms with Crippen molar-refractivity contribution < 1.29 is 15.0 Å². The van der Waals surface area contributed by atoms with E-state index in [9.17, 15) is 9.90 Å². The lowest BCUT2D eigenvalue weighted by Gasteiger charge is -2.34. The van der Waals surface area contributed by atoms with Crippen LogP contribution in [-0.4, -0.2) is 68.9 Å². The Balaban J connectivity index is 1.38. The predicted octanol–water partition coefficient (Wildman–Crippen LogP) is 3.08. The minimum absolute atomic E-state index is 0.153. The molecule has 0 unspecified atom stereocenters. The number of nitrogen functional groups attached to an aromatic ring is 1. The van der Waals surface area contributed by atoms with Gasteiger partial charge in [0.25, 0.3) is 0 Å². The number of anilines is 1. The monoisotopic (exact) mass is 447 g/mol. The summed E-state index contributed by atoms with van der Waals surface area (Å²) in [4.78, 5) is 15.4. The van der Waals surface area contributed by atoms with Gasteiger partial charge < -0.3 is 20.8 Å². The molecule has 1 saturated heterocycles. The number of phenolic OH excluding ortho intramolecular Hbond substituents is 1. The maximum atomic E-state index is 10.7. The lowest BCUT2D eigenvalue weighted by atomic mass is 10.0. The number of para-hydroxylation sites is 1. The molecule has 1 aromatic heterocycles. The van der Waals surface area contributed by atoms with E-state index in [1.807, 2.05) is 24.3 Å². The molecule has 3 aromatic rings. The van der Waals surface area contributed by atoms with Crippen LogP contribution < -0.4 is 5.73 Å². The fourth-order valence-electron chi connectivity index (χ4n) is 4.13. The molecule has 2 heterocycles. The lowest BCUT2D eigenvalue weighted by Crippen LogP contribution is -2.46. The highest BCUT2D eigenvalue weighted by molar-refractivity contribution is 5.79. The van der Waals surface area contributed by atoms with Crippen LogP contribution in [0.2, 0.25) is 0 Å². The molecular weight excluding hydrogens is 418 g/mol. The third-order valence-corrected chi connectivity index (χ3v) is 6.00. The maximum Gasteiger partial charge on any atom is 0.303 e. The Morgan fingerprint density at radius 2 is 1.64 bits per heavy atom. The van der Waals surface area contributed by atoms with Crippen LogP contribution in [0.1, 0.15) is 18.4 Å². The van der Waals surface area contributed by atoms with Crippen molar-refractivity contribution >= 4 is 11.8 Å². The number of carbonyl (C=O) groups is 1. The largest absolute Gasteiger partial charge is 0.507 e. The van der Waals surface area contributed by atoms with Gasteiger partial charge in [0.2, 0.25) is 0 Å². The van der Waals surface area contributed by atoms with Crippen molar-refractivity contribution in [3.63, 3.8) is 0 Å². The van der Waals surface area contributed by atoms with Crippen LogP contribution >= 0.6 is 0 Å². The predicted molar refractivity (Wildman–Crippen MR) is 128 cm³/mol. The van der Waals surface area contributed by atoms with Crippen molar-refractivity contribution in [2.24, 2.45) is 0 Å². The number of carboxylic acids is 1. The van der Waals surface area contributed by atoms with Gasteiger partial charge in [0, 0.05) is 50.3 Å². The summed E-state index contributed by atoms with van der Waals surface area (Å²) < 4.78 is 0. The van der Waals surface area contributed by atoms with E-state index in [2.05, 4.69) is 32.1 Å². The number of piperazine rings is 1. The summed E-state index contributed by atoms with van der Waals surface area (Å²) in [5, 5.41) is 27.2. The first kappa shape index (κ1) is 22.7. The van der Waals surface area contributed by atoms with Gasteiger partial charge in [-0.25, -0.2) is 0 Å². The molecule has 4 rings (SSSR count).